The fourth-order valence-corrected chi connectivity index (χ4v) is 3.94. The van der Waals surface area contributed by atoms with E-state index in [1.165, 1.54) is 26.0 Å². The second-order valence-electron chi connectivity index (χ2n) is 6.53. The smallest absolute Gasteiger partial charge is 0.324 e. The van der Waals surface area contributed by atoms with E-state index in [1.807, 2.05) is 0 Å². The molecule has 0 aromatic heterocycles. The van der Waals surface area contributed by atoms with Crippen molar-refractivity contribution in [3.8, 4) is 0 Å². The third-order valence-electron chi connectivity index (χ3n) is 4.21. The van der Waals surface area contributed by atoms with Crippen LogP contribution in [-0.2, 0) is 21.0 Å². The maximum Gasteiger partial charge on any atom is 0.416 e. The van der Waals surface area contributed by atoms with Gasteiger partial charge in [-0.3, -0.25) is 19.2 Å². The molecule has 0 aliphatic rings. The largest absolute Gasteiger partial charge is 0.416 e. The minimum absolute atomic E-state index is 0.0315. The van der Waals surface area contributed by atoms with Gasteiger partial charge in [-0.05, 0) is 43.7 Å². The summed E-state index contributed by atoms with van der Waals surface area (Å²) in [6.45, 7) is 2.79. The fourth-order valence-electron chi connectivity index (χ4n) is 2.72. The summed E-state index contributed by atoms with van der Waals surface area (Å²) in [7, 11) is -4.04. The number of nitrogens with one attached hydrogen (secondary N) is 1. The van der Waals surface area contributed by atoms with E-state index in [1.54, 1.807) is 0 Å². The number of nitrogens with zero attached hydrogens (tertiary/aromatic N) is 2. The van der Waals surface area contributed by atoms with Crippen LogP contribution < -0.4 is 9.62 Å². The van der Waals surface area contributed by atoms with E-state index >= 15 is 0 Å². The van der Waals surface area contributed by atoms with Crippen molar-refractivity contribution in [2.45, 2.75) is 26.1 Å². The maximum absolute atomic E-state index is 12.7. The lowest BCUT2D eigenvalue weighted by Crippen LogP contribution is -2.45. The van der Waals surface area contributed by atoms with Crippen LogP contribution in [0.4, 0.5) is 30.2 Å². The predicted molar refractivity (Wildman–Crippen MR) is 105 cm³/mol. The number of carbonyl (C=O) groups excluding carboxylic acids is 1. The normalized spacial score (nSPS) is 12.9. The number of halogens is 3. The van der Waals surface area contributed by atoms with Crippen LogP contribution in [0.25, 0.3) is 0 Å². The van der Waals surface area contributed by atoms with E-state index in [0.29, 0.717) is 5.56 Å². The molecule has 0 saturated heterocycles. The average Bonchev–Trinajstić information content (AvgIpc) is 2.61. The van der Waals surface area contributed by atoms with Crippen molar-refractivity contribution < 1.29 is 31.3 Å². The Kier molecular flexibility index (Phi) is 6.40. The minimum atomic E-state index is -4.54. The number of aryl methyl sites for hydroxylation is 1. The number of alkyl halides is 3. The van der Waals surface area contributed by atoms with Gasteiger partial charge in [0.1, 0.15) is 6.04 Å². The highest BCUT2D eigenvalue weighted by Gasteiger charge is 2.32. The lowest BCUT2D eigenvalue weighted by atomic mass is 10.1. The number of benzene rings is 2. The lowest BCUT2D eigenvalue weighted by molar-refractivity contribution is -0.384. The first kappa shape index (κ1) is 23.1. The molecule has 1 atom stereocenters. The molecule has 0 aliphatic heterocycles. The Labute approximate surface area is 170 Å². The van der Waals surface area contributed by atoms with Crippen molar-refractivity contribution in [1.82, 2.24) is 0 Å². The summed E-state index contributed by atoms with van der Waals surface area (Å²) in [6, 6.07) is 5.88. The zero-order valence-corrected chi connectivity index (χ0v) is 16.9. The SMILES string of the molecule is Cc1ccc([N+](=O)[O-])cc1N([C@H](C)C(=O)Nc1ccc(C(F)(F)F)cc1)S(C)(=O)=O. The molecular formula is C18H18F3N3O5S. The van der Waals surface area contributed by atoms with Gasteiger partial charge in [0, 0.05) is 17.8 Å². The highest BCUT2D eigenvalue weighted by molar-refractivity contribution is 7.92. The van der Waals surface area contributed by atoms with Gasteiger partial charge in [-0.1, -0.05) is 6.07 Å². The molecule has 12 heteroatoms. The van der Waals surface area contributed by atoms with E-state index in [9.17, 15) is 36.5 Å². The predicted octanol–water partition coefficient (Wildman–Crippen LogP) is 3.72. The summed E-state index contributed by atoms with van der Waals surface area (Å²) in [5.74, 6) is -0.828. The maximum atomic E-state index is 12.7. The third kappa shape index (κ3) is 5.26. The molecule has 0 bridgehead atoms. The number of anilines is 2. The molecule has 0 fully saturated rings. The molecule has 1 N–H and O–H groups in total. The number of hydrogen-bond donors (Lipinski definition) is 1. The van der Waals surface area contributed by atoms with Crippen LogP contribution in [0.3, 0.4) is 0 Å². The highest BCUT2D eigenvalue weighted by atomic mass is 32.2. The number of nitro groups is 1. The number of nitro benzene ring substituents is 1. The van der Waals surface area contributed by atoms with Gasteiger partial charge in [0.2, 0.25) is 15.9 Å². The number of non-ortho nitro benzene ring substituents is 1. The van der Waals surface area contributed by atoms with Gasteiger partial charge >= 0.3 is 6.18 Å². The summed E-state index contributed by atoms with van der Waals surface area (Å²) in [6.07, 6.45) is -3.70. The summed E-state index contributed by atoms with van der Waals surface area (Å²) in [4.78, 5) is 23.0. The van der Waals surface area contributed by atoms with Crippen LogP contribution in [0.15, 0.2) is 42.5 Å². The summed E-state index contributed by atoms with van der Waals surface area (Å²) >= 11 is 0. The van der Waals surface area contributed by atoms with Gasteiger partial charge in [-0.15, -0.1) is 0 Å². The minimum Gasteiger partial charge on any atom is -0.324 e. The Morgan fingerprint density at radius 1 is 1.17 bits per heavy atom. The number of rotatable bonds is 6. The van der Waals surface area contributed by atoms with Crippen molar-refractivity contribution in [1.29, 1.82) is 0 Å². The Bertz CT molecular complexity index is 1070. The van der Waals surface area contributed by atoms with Gasteiger partial charge < -0.3 is 5.32 Å². The first-order valence-corrected chi connectivity index (χ1v) is 10.3. The highest BCUT2D eigenvalue weighted by Crippen LogP contribution is 2.31. The summed E-state index contributed by atoms with van der Waals surface area (Å²) in [5, 5.41) is 13.4. The van der Waals surface area contributed by atoms with Crippen LogP contribution >= 0.6 is 0 Å². The summed E-state index contributed by atoms with van der Waals surface area (Å²) < 4.78 is 63.4. The van der Waals surface area contributed by atoms with Crippen LogP contribution in [0, 0.1) is 17.0 Å². The topological polar surface area (TPSA) is 110 Å². The van der Waals surface area contributed by atoms with Crippen molar-refractivity contribution in [3.05, 3.63) is 63.7 Å². The number of hydrogen-bond acceptors (Lipinski definition) is 5. The first-order valence-electron chi connectivity index (χ1n) is 8.44. The van der Waals surface area contributed by atoms with Gasteiger partial charge in [0.15, 0.2) is 0 Å². The zero-order valence-electron chi connectivity index (χ0n) is 16.1. The Balaban J connectivity index is 2.36. The van der Waals surface area contributed by atoms with Gasteiger partial charge in [-0.25, -0.2) is 8.42 Å². The van der Waals surface area contributed by atoms with Crippen molar-refractivity contribution in [2.75, 3.05) is 15.9 Å². The Morgan fingerprint density at radius 2 is 1.73 bits per heavy atom. The average molecular weight is 445 g/mol. The van der Waals surface area contributed by atoms with E-state index in [2.05, 4.69) is 5.32 Å². The molecule has 8 nitrogen and oxygen atoms in total. The van der Waals surface area contributed by atoms with Gasteiger partial charge in [-0.2, -0.15) is 13.2 Å². The van der Waals surface area contributed by atoms with E-state index in [4.69, 9.17) is 0 Å². The van der Waals surface area contributed by atoms with Crippen LogP contribution in [0.5, 0.6) is 0 Å². The summed E-state index contributed by atoms with van der Waals surface area (Å²) in [5.41, 5.74) is -0.913. The zero-order chi connectivity index (χ0) is 22.9. The molecule has 0 unspecified atom stereocenters. The second kappa shape index (κ2) is 8.30. The van der Waals surface area contributed by atoms with Crippen molar-refractivity contribution in [3.63, 3.8) is 0 Å². The van der Waals surface area contributed by atoms with E-state index in [-0.39, 0.29) is 17.1 Å². The molecule has 0 spiro atoms. The van der Waals surface area contributed by atoms with Crippen LogP contribution in [0.1, 0.15) is 18.1 Å². The Morgan fingerprint density at radius 3 is 2.20 bits per heavy atom. The molecule has 162 valence electrons. The molecular weight excluding hydrogens is 427 g/mol. The second-order valence-corrected chi connectivity index (χ2v) is 8.39. The molecule has 0 radical (unpaired) electrons. The van der Waals surface area contributed by atoms with Crippen LogP contribution in [0.2, 0.25) is 0 Å². The molecule has 30 heavy (non-hydrogen) atoms. The monoisotopic (exact) mass is 445 g/mol. The number of carbonyl (C=O) groups is 1. The first-order chi connectivity index (χ1) is 13.7. The third-order valence-corrected chi connectivity index (χ3v) is 5.44. The van der Waals surface area contributed by atoms with Crippen molar-refractivity contribution >= 4 is 33.0 Å². The number of amides is 1. The standard InChI is InChI=1S/C18H18F3N3O5S/c1-11-4-9-15(24(26)27)10-16(11)23(30(3,28)29)12(2)17(25)22-14-7-5-13(6-8-14)18(19,20)21/h4-10,12H,1-3H3,(H,22,25)/t12-/m1/s1. The number of sulfonamides is 1. The molecule has 2 aromatic carbocycles. The Hall–Kier alpha value is -3.15. The van der Waals surface area contributed by atoms with E-state index < -0.39 is 38.6 Å². The quantitative estimate of drug-likeness (QED) is 0.538. The molecule has 2 aromatic rings. The van der Waals surface area contributed by atoms with Crippen LogP contribution in [-0.4, -0.2) is 31.5 Å². The molecule has 0 aliphatic carbocycles. The van der Waals surface area contributed by atoms with Gasteiger partial charge in [0.25, 0.3) is 5.69 Å². The molecule has 0 saturated carbocycles. The molecule has 1 amide bonds. The van der Waals surface area contributed by atoms with E-state index in [0.717, 1.165) is 40.9 Å². The fraction of sp³-hybridized carbons (Fsp3) is 0.278. The van der Waals surface area contributed by atoms with Crippen molar-refractivity contribution in [2.24, 2.45) is 0 Å². The molecule has 2 rings (SSSR count). The molecule has 0 heterocycles. The van der Waals surface area contributed by atoms with Gasteiger partial charge in [0.05, 0.1) is 22.4 Å². The lowest BCUT2D eigenvalue weighted by Gasteiger charge is -2.29.